The second kappa shape index (κ2) is 4.10. The van der Waals surface area contributed by atoms with Crippen LogP contribution in [-0.2, 0) is 0 Å². The van der Waals surface area contributed by atoms with Crippen LogP contribution in [0.1, 0.15) is 0 Å². The second-order valence-electron chi connectivity index (χ2n) is 3.81. The molecule has 0 radical (unpaired) electrons. The molecule has 0 unspecified atom stereocenters. The van der Waals surface area contributed by atoms with Crippen molar-refractivity contribution in [2.24, 2.45) is 0 Å². The van der Waals surface area contributed by atoms with Crippen molar-refractivity contribution in [3.63, 3.8) is 0 Å². The Morgan fingerprint density at radius 1 is 1.17 bits per heavy atom. The van der Waals surface area contributed by atoms with Crippen molar-refractivity contribution in [3.8, 4) is 17.1 Å². The molecule has 4 nitrogen and oxygen atoms in total. The number of rotatable bonds is 2. The van der Waals surface area contributed by atoms with E-state index in [2.05, 4.69) is 10.1 Å². The Bertz CT molecular complexity index is 691. The van der Waals surface area contributed by atoms with Crippen molar-refractivity contribution in [3.05, 3.63) is 48.4 Å². The fraction of sp³-hybridized carbons (Fsp3) is 0.0769. The molecule has 0 N–H and O–H groups in total. The molecule has 2 aromatic heterocycles. The van der Waals surface area contributed by atoms with Gasteiger partial charge in [-0.3, -0.25) is 0 Å². The number of pyridine rings is 1. The smallest absolute Gasteiger partial charge is 0.182 e. The monoisotopic (exact) mass is 243 g/mol. The van der Waals surface area contributed by atoms with E-state index in [9.17, 15) is 4.39 Å². The molecule has 0 aliphatic rings. The maximum absolute atomic E-state index is 12.8. The number of ether oxygens (including phenoxy) is 1. The van der Waals surface area contributed by atoms with Crippen LogP contribution in [-0.4, -0.2) is 21.7 Å². The predicted octanol–water partition coefficient (Wildman–Crippen LogP) is 2.54. The third kappa shape index (κ3) is 1.79. The third-order valence-corrected chi connectivity index (χ3v) is 2.65. The van der Waals surface area contributed by atoms with Crippen molar-refractivity contribution in [2.45, 2.75) is 0 Å². The van der Waals surface area contributed by atoms with Gasteiger partial charge in [0.25, 0.3) is 0 Å². The van der Waals surface area contributed by atoms with Crippen molar-refractivity contribution in [2.75, 3.05) is 7.11 Å². The summed E-state index contributed by atoms with van der Waals surface area (Å²) in [4.78, 5) is 4.37. The van der Waals surface area contributed by atoms with E-state index in [0.717, 1.165) is 11.3 Å². The largest absolute Gasteiger partial charge is 0.497 e. The number of hydrogen-bond donors (Lipinski definition) is 0. The van der Waals surface area contributed by atoms with E-state index in [1.807, 2.05) is 0 Å². The highest BCUT2D eigenvalue weighted by atomic mass is 19.1. The summed E-state index contributed by atoms with van der Waals surface area (Å²) < 4.78 is 19.6. The lowest BCUT2D eigenvalue weighted by atomic mass is 10.2. The Kier molecular flexibility index (Phi) is 2.44. The van der Waals surface area contributed by atoms with E-state index in [1.54, 1.807) is 42.1 Å². The molecule has 0 saturated heterocycles. The Hall–Kier alpha value is -2.43. The minimum absolute atomic E-state index is 0.274. The molecule has 0 aliphatic carbocycles. The first kappa shape index (κ1) is 10.7. The Morgan fingerprint density at radius 3 is 2.67 bits per heavy atom. The zero-order valence-corrected chi connectivity index (χ0v) is 9.67. The van der Waals surface area contributed by atoms with Gasteiger partial charge in [0, 0.05) is 17.8 Å². The third-order valence-electron chi connectivity index (χ3n) is 2.65. The first-order chi connectivity index (χ1) is 8.76. The lowest BCUT2D eigenvalue weighted by Crippen LogP contribution is -1.88. The number of benzene rings is 1. The van der Waals surface area contributed by atoms with Gasteiger partial charge in [-0.2, -0.15) is 0 Å². The van der Waals surface area contributed by atoms with Crippen LogP contribution < -0.4 is 4.74 Å². The Balaban J connectivity index is 2.10. The van der Waals surface area contributed by atoms with Crippen molar-refractivity contribution >= 4 is 5.65 Å². The maximum atomic E-state index is 12.8. The van der Waals surface area contributed by atoms with E-state index in [-0.39, 0.29) is 5.82 Å². The molecule has 2 heterocycles. The number of fused-ring (bicyclic) bond motifs is 1. The molecular formula is C13H10FN3O. The summed E-state index contributed by atoms with van der Waals surface area (Å²) in [6.07, 6.45) is 1.77. The van der Waals surface area contributed by atoms with Gasteiger partial charge in [0.15, 0.2) is 11.5 Å². The van der Waals surface area contributed by atoms with E-state index < -0.39 is 0 Å². The van der Waals surface area contributed by atoms with Gasteiger partial charge in [-0.25, -0.2) is 13.9 Å². The fourth-order valence-corrected chi connectivity index (χ4v) is 1.71. The standard InChI is InChI=1S/C13H10FN3O/c1-18-11-6-7-17-12(8-11)15-13(16-17)9-2-4-10(14)5-3-9/h2-8H,1H3. The van der Waals surface area contributed by atoms with E-state index >= 15 is 0 Å². The molecule has 0 fully saturated rings. The summed E-state index contributed by atoms with van der Waals surface area (Å²) >= 11 is 0. The Labute approximate surface area is 103 Å². The summed E-state index contributed by atoms with van der Waals surface area (Å²) in [5, 5.41) is 4.32. The van der Waals surface area contributed by atoms with E-state index in [1.165, 1.54) is 12.1 Å². The number of aromatic nitrogens is 3. The van der Waals surface area contributed by atoms with Crippen LogP contribution in [0.3, 0.4) is 0 Å². The maximum Gasteiger partial charge on any atom is 0.182 e. The highest BCUT2D eigenvalue weighted by Gasteiger charge is 2.07. The predicted molar refractivity (Wildman–Crippen MR) is 64.9 cm³/mol. The van der Waals surface area contributed by atoms with Crippen LogP contribution in [0.15, 0.2) is 42.6 Å². The van der Waals surface area contributed by atoms with Crippen LogP contribution in [0.5, 0.6) is 5.75 Å². The summed E-state index contributed by atoms with van der Waals surface area (Å²) in [7, 11) is 1.60. The highest BCUT2D eigenvalue weighted by Crippen LogP contribution is 2.18. The first-order valence-corrected chi connectivity index (χ1v) is 5.42. The Morgan fingerprint density at radius 2 is 1.94 bits per heavy atom. The van der Waals surface area contributed by atoms with E-state index in [4.69, 9.17) is 4.74 Å². The van der Waals surface area contributed by atoms with Crippen molar-refractivity contribution in [1.82, 2.24) is 14.6 Å². The molecule has 0 atom stereocenters. The minimum atomic E-state index is -0.274. The fourth-order valence-electron chi connectivity index (χ4n) is 1.71. The first-order valence-electron chi connectivity index (χ1n) is 5.42. The van der Waals surface area contributed by atoms with E-state index in [0.29, 0.717) is 11.5 Å². The topological polar surface area (TPSA) is 39.4 Å². The lowest BCUT2D eigenvalue weighted by Gasteiger charge is -1.97. The molecule has 18 heavy (non-hydrogen) atoms. The van der Waals surface area contributed by atoms with Gasteiger partial charge in [-0.15, -0.1) is 5.10 Å². The molecule has 0 spiro atoms. The molecule has 3 aromatic rings. The number of nitrogens with zero attached hydrogens (tertiary/aromatic N) is 3. The van der Waals surface area contributed by atoms with Crippen LogP contribution in [0, 0.1) is 5.82 Å². The number of halogens is 1. The van der Waals surface area contributed by atoms with Crippen molar-refractivity contribution < 1.29 is 9.13 Å². The molecule has 0 aliphatic heterocycles. The zero-order chi connectivity index (χ0) is 12.5. The molecule has 0 amide bonds. The summed E-state index contributed by atoms with van der Waals surface area (Å²) in [6, 6.07) is 9.68. The number of methoxy groups -OCH3 is 1. The molecule has 90 valence electrons. The normalized spacial score (nSPS) is 10.8. The van der Waals surface area contributed by atoms with Gasteiger partial charge in [0.05, 0.1) is 7.11 Å². The van der Waals surface area contributed by atoms with Crippen LogP contribution in [0.4, 0.5) is 4.39 Å². The average molecular weight is 243 g/mol. The average Bonchev–Trinajstić information content (AvgIpc) is 2.82. The van der Waals surface area contributed by atoms with Gasteiger partial charge in [0.2, 0.25) is 0 Å². The van der Waals surface area contributed by atoms with Crippen LogP contribution in [0.2, 0.25) is 0 Å². The van der Waals surface area contributed by atoms with Gasteiger partial charge in [-0.05, 0) is 30.3 Å². The number of hydrogen-bond acceptors (Lipinski definition) is 3. The molecule has 1 aromatic carbocycles. The quantitative estimate of drug-likeness (QED) is 0.694. The zero-order valence-electron chi connectivity index (χ0n) is 9.67. The van der Waals surface area contributed by atoms with Crippen molar-refractivity contribution in [1.29, 1.82) is 0 Å². The van der Waals surface area contributed by atoms with Gasteiger partial charge >= 0.3 is 0 Å². The second-order valence-corrected chi connectivity index (χ2v) is 3.81. The van der Waals surface area contributed by atoms with Gasteiger partial charge in [-0.1, -0.05) is 0 Å². The van der Waals surface area contributed by atoms with Crippen LogP contribution in [0.25, 0.3) is 17.0 Å². The lowest BCUT2D eigenvalue weighted by molar-refractivity contribution is 0.414. The molecular weight excluding hydrogens is 233 g/mol. The highest BCUT2D eigenvalue weighted by molar-refractivity contribution is 5.58. The molecule has 5 heteroatoms. The SMILES string of the molecule is COc1ccn2nc(-c3ccc(F)cc3)nc2c1. The van der Waals surface area contributed by atoms with Gasteiger partial charge < -0.3 is 4.74 Å². The minimum Gasteiger partial charge on any atom is -0.497 e. The summed E-state index contributed by atoms with van der Waals surface area (Å²) in [5.41, 5.74) is 1.47. The molecule has 0 saturated carbocycles. The van der Waals surface area contributed by atoms with Crippen LogP contribution >= 0.6 is 0 Å². The van der Waals surface area contributed by atoms with Gasteiger partial charge in [0.1, 0.15) is 11.6 Å². The molecule has 3 rings (SSSR count). The summed E-state index contributed by atoms with van der Waals surface area (Å²) in [5.74, 6) is 1.01. The molecule has 0 bridgehead atoms. The summed E-state index contributed by atoms with van der Waals surface area (Å²) in [6.45, 7) is 0.